The third-order valence-corrected chi connectivity index (χ3v) is 2.65. The Morgan fingerprint density at radius 2 is 2.00 bits per heavy atom. The quantitative estimate of drug-likeness (QED) is 0.874. The molecule has 2 rings (SSSR count). The van der Waals surface area contributed by atoms with Crippen LogP contribution in [-0.2, 0) is 0 Å². The maximum Gasteiger partial charge on any atom is 0.120 e. The maximum atomic E-state index is 5.39. The zero-order chi connectivity index (χ0) is 9.10. The van der Waals surface area contributed by atoms with Crippen LogP contribution in [0.2, 0.25) is 0 Å². The Kier molecular flexibility index (Phi) is 7.02. The summed E-state index contributed by atoms with van der Waals surface area (Å²) >= 11 is 0. The van der Waals surface area contributed by atoms with Gasteiger partial charge in [0.2, 0.25) is 0 Å². The second-order valence-corrected chi connectivity index (χ2v) is 3.48. The fourth-order valence-electron chi connectivity index (χ4n) is 1.78. The van der Waals surface area contributed by atoms with Crippen molar-refractivity contribution in [1.29, 1.82) is 0 Å². The van der Waals surface area contributed by atoms with Crippen LogP contribution in [0, 0.1) is 0 Å². The Hall–Kier alpha value is -0.220. The van der Waals surface area contributed by atoms with E-state index in [9.17, 15) is 0 Å². The molecule has 1 aromatic heterocycles. The first-order chi connectivity index (χ1) is 6.38. The summed E-state index contributed by atoms with van der Waals surface area (Å²) in [7, 11) is 0. The van der Waals surface area contributed by atoms with Crippen LogP contribution in [0.3, 0.4) is 0 Å². The van der Waals surface area contributed by atoms with Crippen molar-refractivity contribution in [3.8, 4) is 0 Å². The van der Waals surface area contributed by atoms with Gasteiger partial charge in [-0.3, -0.25) is 4.90 Å². The number of nitrogens with one attached hydrogen (secondary N) is 1. The van der Waals surface area contributed by atoms with Crippen LogP contribution in [0.25, 0.3) is 0 Å². The average molecular weight is 253 g/mol. The van der Waals surface area contributed by atoms with E-state index in [1.807, 2.05) is 12.1 Å². The Bertz CT molecular complexity index is 248. The van der Waals surface area contributed by atoms with Gasteiger partial charge < -0.3 is 9.73 Å². The third kappa shape index (κ3) is 3.68. The molecular weight excluding hydrogens is 235 g/mol. The maximum absolute atomic E-state index is 5.39. The molecule has 1 aliphatic rings. The Balaban J connectivity index is 0.000000980. The molecule has 1 fully saturated rings. The van der Waals surface area contributed by atoms with Gasteiger partial charge >= 0.3 is 0 Å². The van der Waals surface area contributed by atoms with Crippen molar-refractivity contribution in [2.24, 2.45) is 0 Å². The fraction of sp³-hybridized carbons (Fsp3) is 0.600. The molecule has 0 spiro atoms. The second-order valence-electron chi connectivity index (χ2n) is 3.48. The molecule has 1 aromatic rings. The highest BCUT2D eigenvalue weighted by Crippen LogP contribution is 2.20. The van der Waals surface area contributed by atoms with Gasteiger partial charge in [-0.2, -0.15) is 0 Å². The first kappa shape index (κ1) is 14.8. The molecule has 0 bridgehead atoms. The van der Waals surface area contributed by atoms with Crippen molar-refractivity contribution in [2.45, 2.75) is 13.0 Å². The summed E-state index contributed by atoms with van der Waals surface area (Å²) in [6.45, 7) is 6.60. The molecule has 1 aliphatic heterocycles. The van der Waals surface area contributed by atoms with E-state index in [2.05, 4.69) is 17.1 Å². The summed E-state index contributed by atoms with van der Waals surface area (Å²) in [4.78, 5) is 2.44. The number of piperazine rings is 1. The van der Waals surface area contributed by atoms with Gasteiger partial charge in [0.15, 0.2) is 0 Å². The van der Waals surface area contributed by atoms with Gasteiger partial charge in [0.05, 0.1) is 12.3 Å². The van der Waals surface area contributed by atoms with Gasteiger partial charge in [-0.25, -0.2) is 0 Å². The number of hydrogen-bond donors (Lipinski definition) is 1. The van der Waals surface area contributed by atoms with Crippen molar-refractivity contribution in [1.82, 2.24) is 10.2 Å². The first-order valence-electron chi connectivity index (χ1n) is 4.86. The highest BCUT2D eigenvalue weighted by atomic mass is 35.5. The molecule has 1 saturated heterocycles. The minimum absolute atomic E-state index is 0. The van der Waals surface area contributed by atoms with Gasteiger partial charge in [0.25, 0.3) is 0 Å². The lowest BCUT2D eigenvalue weighted by Gasteiger charge is -2.31. The number of rotatable bonds is 2. The SMILES string of the molecule is C[C@@H](c1ccco1)N1CCNCC1.Cl.Cl. The normalized spacial score (nSPS) is 18.7. The van der Waals surface area contributed by atoms with E-state index in [-0.39, 0.29) is 24.8 Å². The van der Waals surface area contributed by atoms with E-state index >= 15 is 0 Å². The molecule has 0 unspecified atom stereocenters. The molecule has 0 radical (unpaired) electrons. The standard InChI is InChI=1S/C10H16N2O.2ClH/c1-9(10-3-2-8-13-10)12-6-4-11-5-7-12;;/h2-3,8-9,11H,4-7H2,1H3;2*1H/t9-;;/m0../s1. The van der Waals surface area contributed by atoms with Crippen LogP contribution in [0.1, 0.15) is 18.7 Å². The Morgan fingerprint density at radius 1 is 1.33 bits per heavy atom. The van der Waals surface area contributed by atoms with Crippen molar-refractivity contribution in [2.75, 3.05) is 26.2 Å². The van der Waals surface area contributed by atoms with E-state index in [0.29, 0.717) is 6.04 Å². The third-order valence-electron chi connectivity index (χ3n) is 2.65. The summed E-state index contributed by atoms with van der Waals surface area (Å²) in [6, 6.07) is 4.41. The van der Waals surface area contributed by atoms with Gasteiger partial charge in [-0.05, 0) is 19.1 Å². The van der Waals surface area contributed by atoms with E-state index < -0.39 is 0 Å². The van der Waals surface area contributed by atoms with E-state index in [4.69, 9.17) is 4.42 Å². The molecular formula is C10H18Cl2N2O. The lowest BCUT2D eigenvalue weighted by molar-refractivity contribution is 0.167. The second kappa shape index (κ2) is 7.12. The largest absolute Gasteiger partial charge is 0.468 e. The predicted molar refractivity (Wildman–Crippen MR) is 66.1 cm³/mol. The summed E-state index contributed by atoms with van der Waals surface area (Å²) in [5.74, 6) is 1.07. The molecule has 1 N–H and O–H groups in total. The Morgan fingerprint density at radius 3 is 2.53 bits per heavy atom. The van der Waals surface area contributed by atoms with Gasteiger partial charge in [0.1, 0.15) is 5.76 Å². The lowest BCUT2D eigenvalue weighted by Crippen LogP contribution is -2.44. The van der Waals surface area contributed by atoms with Crippen LogP contribution in [-0.4, -0.2) is 31.1 Å². The summed E-state index contributed by atoms with van der Waals surface area (Å²) < 4.78 is 5.39. The van der Waals surface area contributed by atoms with Crippen molar-refractivity contribution < 1.29 is 4.42 Å². The molecule has 88 valence electrons. The Labute approximate surface area is 103 Å². The van der Waals surface area contributed by atoms with Crippen LogP contribution in [0.4, 0.5) is 0 Å². The van der Waals surface area contributed by atoms with Gasteiger partial charge in [-0.1, -0.05) is 0 Å². The molecule has 0 amide bonds. The van der Waals surface area contributed by atoms with Crippen LogP contribution < -0.4 is 5.32 Å². The minimum atomic E-state index is 0. The van der Waals surface area contributed by atoms with E-state index in [0.717, 1.165) is 31.9 Å². The molecule has 15 heavy (non-hydrogen) atoms. The molecule has 2 heterocycles. The summed E-state index contributed by atoms with van der Waals surface area (Å²) in [5, 5.41) is 3.34. The van der Waals surface area contributed by atoms with Crippen molar-refractivity contribution in [3.63, 3.8) is 0 Å². The number of nitrogens with zero attached hydrogens (tertiary/aromatic N) is 1. The molecule has 0 aliphatic carbocycles. The van der Waals surface area contributed by atoms with E-state index in [1.165, 1.54) is 0 Å². The highest BCUT2D eigenvalue weighted by Gasteiger charge is 2.19. The topological polar surface area (TPSA) is 28.4 Å². The number of halogens is 2. The fourth-order valence-corrected chi connectivity index (χ4v) is 1.78. The van der Waals surface area contributed by atoms with Gasteiger partial charge in [-0.15, -0.1) is 24.8 Å². The minimum Gasteiger partial charge on any atom is -0.468 e. The smallest absolute Gasteiger partial charge is 0.120 e. The van der Waals surface area contributed by atoms with E-state index in [1.54, 1.807) is 6.26 Å². The molecule has 0 saturated carbocycles. The zero-order valence-electron chi connectivity index (χ0n) is 8.81. The predicted octanol–water partition coefficient (Wildman–Crippen LogP) is 2.09. The van der Waals surface area contributed by atoms with Crippen LogP contribution in [0.5, 0.6) is 0 Å². The zero-order valence-corrected chi connectivity index (χ0v) is 10.4. The monoisotopic (exact) mass is 252 g/mol. The first-order valence-corrected chi connectivity index (χ1v) is 4.86. The molecule has 1 atom stereocenters. The number of hydrogen-bond acceptors (Lipinski definition) is 3. The van der Waals surface area contributed by atoms with Gasteiger partial charge in [0, 0.05) is 26.2 Å². The van der Waals surface area contributed by atoms with Crippen LogP contribution >= 0.6 is 24.8 Å². The molecule has 5 heteroatoms. The number of furan rings is 1. The van der Waals surface area contributed by atoms with Crippen molar-refractivity contribution in [3.05, 3.63) is 24.2 Å². The highest BCUT2D eigenvalue weighted by molar-refractivity contribution is 5.85. The average Bonchev–Trinajstić information content (AvgIpc) is 2.71. The lowest BCUT2D eigenvalue weighted by atomic mass is 10.2. The molecule has 0 aromatic carbocycles. The summed E-state index contributed by atoms with van der Waals surface area (Å²) in [6.07, 6.45) is 1.74. The molecule has 3 nitrogen and oxygen atoms in total. The summed E-state index contributed by atoms with van der Waals surface area (Å²) in [5.41, 5.74) is 0. The van der Waals surface area contributed by atoms with Crippen molar-refractivity contribution >= 4 is 24.8 Å². The van der Waals surface area contributed by atoms with Crippen LogP contribution in [0.15, 0.2) is 22.8 Å².